The van der Waals surface area contributed by atoms with Crippen molar-refractivity contribution in [1.82, 2.24) is 4.90 Å². The van der Waals surface area contributed by atoms with E-state index in [-0.39, 0.29) is 30.8 Å². The van der Waals surface area contributed by atoms with E-state index >= 15 is 0 Å². The van der Waals surface area contributed by atoms with Crippen LogP contribution in [0, 0.1) is 17.8 Å². The maximum absolute atomic E-state index is 12.2. The second-order valence-electron chi connectivity index (χ2n) is 5.34. The largest absolute Gasteiger partial charge is 0.481 e. The van der Waals surface area contributed by atoms with Crippen LogP contribution in [0.15, 0.2) is 0 Å². The van der Waals surface area contributed by atoms with Gasteiger partial charge in [-0.05, 0) is 31.1 Å². The lowest BCUT2D eigenvalue weighted by Crippen LogP contribution is -2.46. The molecule has 96 valence electrons. The highest BCUT2D eigenvalue weighted by atomic mass is 16.4. The van der Waals surface area contributed by atoms with Crippen LogP contribution in [0.2, 0.25) is 0 Å². The molecule has 0 aromatic heterocycles. The molecule has 0 aromatic carbocycles. The van der Waals surface area contributed by atoms with Crippen LogP contribution in [0.1, 0.15) is 25.7 Å². The molecule has 0 aliphatic heterocycles. The van der Waals surface area contributed by atoms with Gasteiger partial charge in [-0.1, -0.05) is 0 Å². The summed E-state index contributed by atoms with van der Waals surface area (Å²) in [6, 6.07) is -0.0199. The number of carboxylic acids is 1. The van der Waals surface area contributed by atoms with E-state index in [4.69, 9.17) is 10.8 Å². The number of rotatable bonds is 4. The second kappa shape index (κ2) is 4.64. The zero-order chi connectivity index (χ0) is 12.6. The quantitative estimate of drug-likeness (QED) is 0.740. The molecule has 2 bridgehead atoms. The highest BCUT2D eigenvalue weighted by Gasteiger charge is 2.49. The maximum Gasteiger partial charge on any atom is 0.305 e. The molecule has 5 nitrogen and oxygen atoms in total. The number of carboxylic acid groups (broad SMARTS) is 1. The minimum Gasteiger partial charge on any atom is -0.481 e. The van der Waals surface area contributed by atoms with Gasteiger partial charge in [-0.3, -0.25) is 9.59 Å². The molecule has 0 heterocycles. The number of hydrogen-bond donors (Lipinski definition) is 2. The Morgan fingerprint density at radius 2 is 2.00 bits per heavy atom. The molecule has 5 heteroatoms. The van der Waals surface area contributed by atoms with Crippen LogP contribution >= 0.6 is 0 Å². The highest BCUT2D eigenvalue weighted by molar-refractivity contribution is 5.81. The summed E-state index contributed by atoms with van der Waals surface area (Å²) in [7, 11) is 1.67. The third-order valence-electron chi connectivity index (χ3n) is 4.30. The molecule has 4 unspecified atom stereocenters. The Morgan fingerprint density at radius 3 is 2.53 bits per heavy atom. The first kappa shape index (κ1) is 12.4. The van der Waals surface area contributed by atoms with E-state index in [0.717, 1.165) is 19.3 Å². The Bertz CT molecular complexity index is 330. The van der Waals surface area contributed by atoms with Crippen LogP contribution in [0.3, 0.4) is 0 Å². The lowest BCUT2D eigenvalue weighted by atomic mass is 9.84. The molecule has 0 radical (unpaired) electrons. The van der Waals surface area contributed by atoms with Crippen molar-refractivity contribution in [2.24, 2.45) is 23.5 Å². The average Bonchev–Trinajstić information content (AvgIpc) is 2.85. The molecule has 3 N–H and O–H groups in total. The highest BCUT2D eigenvalue weighted by Crippen LogP contribution is 2.48. The number of amides is 1. The first-order valence-corrected chi connectivity index (χ1v) is 6.23. The Morgan fingerprint density at radius 1 is 1.35 bits per heavy atom. The summed E-state index contributed by atoms with van der Waals surface area (Å²) in [5, 5.41) is 8.60. The molecule has 4 atom stereocenters. The number of aliphatic carboxylic acids is 1. The summed E-state index contributed by atoms with van der Waals surface area (Å²) < 4.78 is 0. The predicted molar refractivity (Wildman–Crippen MR) is 62.2 cm³/mol. The summed E-state index contributed by atoms with van der Waals surface area (Å²) in [6.07, 6.45) is 3.32. The molecule has 2 fully saturated rings. The van der Waals surface area contributed by atoms with Crippen molar-refractivity contribution in [1.29, 1.82) is 0 Å². The normalized spacial score (nSPS) is 34.9. The van der Waals surface area contributed by atoms with E-state index in [1.165, 1.54) is 4.90 Å². The van der Waals surface area contributed by atoms with E-state index in [0.29, 0.717) is 11.8 Å². The zero-order valence-corrected chi connectivity index (χ0v) is 10.1. The molecular weight excluding hydrogens is 220 g/mol. The Hall–Kier alpha value is -1.10. The van der Waals surface area contributed by atoms with Gasteiger partial charge in [0.2, 0.25) is 5.91 Å². The predicted octanol–water partition coefficient (Wildman–Crippen LogP) is 0.293. The van der Waals surface area contributed by atoms with Crippen LogP contribution < -0.4 is 5.73 Å². The molecule has 2 saturated carbocycles. The van der Waals surface area contributed by atoms with Crippen LogP contribution in [0.25, 0.3) is 0 Å². The number of carbonyl (C=O) groups excluding carboxylic acids is 1. The molecule has 0 aromatic rings. The molecule has 17 heavy (non-hydrogen) atoms. The zero-order valence-electron chi connectivity index (χ0n) is 10.1. The van der Waals surface area contributed by atoms with E-state index < -0.39 is 5.97 Å². The van der Waals surface area contributed by atoms with Gasteiger partial charge in [0.15, 0.2) is 0 Å². The van der Waals surface area contributed by atoms with Crippen LogP contribution in [-0.2, 0) is 9.59 Å². The van der Waals surface area contributed by atoms with Gasteiger partial charge in [0.1, 0.15) is 0 Å². The summed E-state index contributed by atoms with van der Waals surface area (Å²) in [6.45, 7) is 0.273. The van der Waals surface area contributed by atoms with Crippen LogP contribution in [-0.4, -0.2) is 41.5 Å². The first-order valence-electron chi connectivity index (χ1n) is 6.23. The topological polar surface area (TPSA) is 83.6 Å². The maximum atomic E-state index is 12.2. The van der Waals surface area contributed by atoms with Gasteiger partial charge in [0.05, 0.1) is 12.3 Å². The van der Waals surface area contributed by atoms with Gasteiger partial charge in [0, 0.05) is 19.6 Å². The van der Waals surface area contributed by atoms with E-state index in [1.54, 1.807) is 7.05 Å². The smallest absolute Gasteiger partial charge is 0.305 e. The molecule has 2 rings (SSSR count). The Balaban J connectivity index is 1.93. The molecule has 2 aliphatic carbocycles. The van der Waals surface area contributed by atoms with Crippen molar-refractivity contribution in [3.63, 3.8) is 0 Å². The minimum atomic E-state index is -0.873. The SMILES string of the molecule is CN(CCC(=O)O)C(=O)C1C2CCC(C2)C1N. The van der Waals surface area contributed by atoms with Crippen LogP contribution in [0.5, 0.6) is 0 Å². The van der Waals surface area contributed by atoms with Gasteiger partial charge in [-0.25, -0.2) is 0 Å². The lowest BCUT2D eigenvalue weighted by molar-refractivity contribution is -0.139. The number of hydrogen-bond acceptors (Lipinski definition) is 3. The number of carbonyl (C=O) groups is 2. The summed E-state index contributed by atoms with van der Waals surface area (Å²) in [5.74, 6) is 0.0111. The monoisotopic (exact) mass is 240 g/mol. The molecule has 0 saturated heterocycles. The molecule has 2 aliphatic rings. The van der Waals surface area contributed by atoms with Crippen molar-refractivity contribution in [3.8, 4) is 0 Å². The van der Waals surface area contributed by atoms with Gasteiger partial charge >= 0.3 is 5.97 Å². The van der Waals surface area contributed by atoms with Gasteiger partial charge in [-0.15, -0.1) is 0 Å². The van der Waals surface area contributed by atoms with E-state index in [1.807, 2.05) is 0 Å². The van der Waals surface area contributed by atoms with E-state index in [2.05, 4.69) is 0 Å². The Labute approximate surface area is 101 Å². The number of nitrogens with zero attached hydrogens (tertiary/aromatic N) is 1. The summed E-state index contributed by atoms with van der Waals surface area (Å²) >= 11 is 0. The third kappa shape index (κ3) is 2.29. The van der Waals surface area contributed by atoms with Crippen LogP contribution in [0.4, 0.5) is 0 Å². The molecular formula is C12H20N2O3. The van der Waals surface area contributed by atoms with Crippen molar-refractivity contribution < 1.29 is 14.7 Å². The fourth-order valence-electron chi connectivity index (χ4n) is 3.33. The van der Waals surface area contributed by atoms with Gasteiger partial charge < -0.3 is 15.7 Å². The van der Waals surface area contributed by atoms with Crippen molar-refractivity contribution in [2.45, 2.75) is 31.7 Å². The molecule has 0 spiro atoms. The van der Waals surface area contributed by atoms with Crippen molar-refractivity contribution >= 4 is 11.9 Å². The van der Waals surface area contributed by atoms with Gasteiger partial charge in [0.25, 0.3) is 0 Å². The number of nitrogens with two attached hydrogens (primary N) is 1. The fourth-order valence-corrected chi connectivity index (χ4v) is 3.33. The number of fused-ring (bicyclic) bond motifs is 2. The summed E-state index contributed by atoms with van der Waals surface area (Å²) in [4.78, 5) is 24.2. The molecule has 1 amide bonds. The Kier molecular flexibility index (Phi) is 3.38. The average molecular weight is 240 g/mol. The van der Waals surface area contributed by atoms with E-state index in [9.17, 15) is 9.59 Å². The standard InChI is InChI=1S/C12H20N2O3/c1-14(5-4-9(15)16)12(17)10-7-2-3-8(6-7)11(10)13/h7-8,10-11H,2-6,13H2,1H3,(H,15,16). The van der Waals surface area contributed by atoms with Crippen molar-refractivity contribution in [3.05, 3.63) is 0 Å². The minimum absolute atomic E-state index is 0.00169. The third-order valence-corrected chi connectivity index (χ3v) is 4.30. The fraction of sp³-hybridized carbons (Fsp3) is 0.833. The summed E-state index contributed by atoms with van der Waals surface area (Å²) in [5.41, 5.74) is 6.10. The lowest BCUT2D eigenvalue weighted by Gasteiger charge is -2.30. The first-order chi connectivity index (χ1) is 8.00. The van der Waals surface area contributed by atoms with Crippen molar-refractivity contribution in [2.75, 3.05) is 13.6 Å². The van der Waals surface area contributed by atoms with Gasteiger partial charge in [-0.2, -0.15) is 0 Å². The second-order valence-corrected chi connectivity index (χ2v) is 5.34.